The Bertz CT molecular complexity index is 627. The van der Waals surface area contributed by atoms with E-state index in [2.05, 4.69) is 28.1 Å². The van der Waals surface area contributed by atoms with Crippen molar-refractivity contribution in [2.24, 2.45) is 0 Å². The highest BCUT2D eigenvalue weighted by Crippen LogP contribution is 2.27. The van der Waals surface area contributed by atoms with Crippen molar-refractivity contribution in [1.29, 1.82) is 0 Å². The molecule has 3 rings (SSSR count). The number of carbonyl (C=O) groups excluding carboxylic acids is 1. The molecule has 2 aromatic rings. The Morgan fingerprint density at radius 1 is 1.29 bits per heavy atom. The monoisotopic (exact) mass is 281 g/mol. The summed E-state index contributed by atoms with van der Waals surface area (Å²) in [6.07, 6.45) is 3.86. The van der Waals surface area contributed by atoms with Crippen molar-refractivity contribution in [1.82, 2.24) is 10.2 Å². The molecule has 1 atom stereocenters. The maximum atomic E-state index is 11.1. The summed E-state index contributed by atoms with van der Waals surface area (Å²) in [5.74, 6) is 0.820. The van der Waals surface area contributed by atoms with Crippen LogP contribution in [-0.2, 0) is 11.2 Å². The van der Waals surface area contributed by atoms with Gasteiger partial charge in [-0.2, -0.15) is 0 Å². The standard InChI is InChI=1S/C17H19N3O/c1-2-13-11-16(20-10-6-9-15(20)12-21)18-19-17(13)14-7-4-3-5-8-14/h3-5,7-8,11-12,15H,2,6,9-10H2,1H3/t15-/m0/s1. The van der Waals surface area contributed by atoms with Gasteiger partial charge in [0.05, 0.1) is 11.7 Å². The van der Waals surface area contributed by atoms with Gasteiger partial charge in [0.25, 0.3) is 0 Å². The van der Waals surface area contributed by atoms with Crippen LogP contribution in [0.25, 0.3) is 11.3 Å². The zero-order valence-corrected chi connectivity index (χ0v) is 12.2. The van der Waals surface area contributed by atoms with E-state index in [4.69, 9.17) is 0 Å². The molecule has 4 nitrogen and oxygen atoms in total. The fraction of sp³-hybridized carbons (Fsp3) is 0.353. The number of rotatable bonds is 4. The minimum absolute atomic E-state index is 0.0495. The third-order valence-electron chi connectivity index (χ3n) is 4.04. The Hall–Kier alpha value is -2.23. The topological polar surface area (TPSA) is 46.1 Å². The third-order valence-corrected chi connectivity index (χ3v) is 4.04. The second-order valence-corrected chi connectivity index (χ2v) is 5.34. The van der Waals surface area contributed by atoms with Gasteiger partial charge in [-0.3, -0.25) is 0 Å². The molecular weight excluding hydrogens is 262 g/mol. The maximum Gasteiger partial charge on any atom is 0.152 e. The number of aldehydes is 1. The van der Waals surface area contributed by atoms with Crippen molar-refractivity contribution in [3.05, 3.63) is 42.0 Å². The molecule has 0 bridgehead atoms. The van der Waals surface area contributed by atoms with Crippen LogP contribution < -0.4 is 4.90 Å². The normalized spacial score (nSPS) is 18.0. The summed E-state index contributed by atoms with van der Waals surface area (Å²) in [6, 6.07) is 12.1. The van der Waals surface area contributed by atoms with Gasteiger partial charge in [0.15, 0.2) is 5.82 Å². The first-order valence-electron chi connectivity index (χ1n) is 7.47. The van der Waals surface area contributed by atoms with Gasteiger partial charge in [-0.25, -0.2) is 0 Å². The smallest absolute Gasteiger partial charge is 0.152 e. The molecule has 1 aliphatic rings. The SMILES string of the molecule is CCc1cc(N2CCC[C@H]2C=O)nnc1-c1ccccc1. The fourth-order valence-electron chi connectivity index (χ4n) is 2.89. The van der Waals surface area contributed by atoms with E-state index in [1.807, 2.05) is 30.3 Å². The van der Waals surface area contributed by atoms with Gasteiger partial charge < -0.3 is 9.69 Å². The summed E-state index contributed by atoms with van der Waals surface area (Å²) in [5.41, 5.74) is 3.19. The van der Waals surface area contributed by atoms with E-state index in [1.54, 1.807) is 0 Å². The van der Waals surface area contributed by atoms with Crippen LogP contribution in [0.4, 0.5) is 5.82 Å². The van der Waals surface area contributed by atoms with Crippen molar-refractivity contribution in [3.63, 3.8) is 0 Å². The van der Waals surface area contributed by atoms with Crippen LogP contribution in [0.15, 0.2) is 36.4 Å². The summed E-state index contributed by atoms with van der Waals surface area (Å²) in [7, 11) is 0. The number of carbonyl (C=O) groups is 1. The minimum Gasteiger partial charge on any atom is -0.345 e. The number of anilines is 1. The molecule has 108 valence electrons. The summed E-state index contributed by atoms with van der Waals surface area (Å²) < 4.78 is 0. The lowest BCUT2D eigenvalue weighted by molar-refractivity contribution is -0.108. The van der Waals surface area contributed by atoms with Gasteiger partial charge in [0, 0.05) is 12.1 Å². The largest absolute Gasteiger partial charge is 0.345 e. The van der Waals surface area contributed by atoms with E-state index in [1.165, 1.54) is 5.56 Å². The van der Waals surface area contributed by atoms with Crippen LogP contribution in [0, 0.1) is 0 Å². The van der Waals surface area contributed by atoms with Crippen molar-refractivity contribution in [3.8, 4) is 11.3 Å². The van der Waals surface area contributed by atoms with E-state index in [-0.39, 0.29) is 6.04 Å². The second-order valence-electron chi connectivity index (χ2n) is 5.34. The van der Waals surface area contributed by atoms with Crippen LogP contribution >= 0.6 is 0 Å². The summed E-state index contributed by atoms with van der Waals surface area (Å²) >= 11 is 0. The van der Waals surface area contributed by atoms with E-state index in [0.29, 0.717) is 0 Å². The summed E-state index contributed by atoms with van der Waals surface area (Å²) in [6.45, 7) is 3.00. The highest BCUT2D eigenvalue weighted by Gasteiger charge is 2.26. The Kier molecular flexibility index (Phi) is 3.95. The molecule has 0 radical (unpaired) electrons. The average Bonchev–Trinajstić information content (AvgIpc) is 3.03. The molecule has 1 aromatic carbocycles. The van der Waals surface area contributed by atoms with E-state index in [0.717, 1.165) is 49.2 Å². The lowest BCUT2D eigenvalue weighted by atomic mass is 10.0. The van der Waals surface area contributed by atoms with Crippen molar-refractivity contribution < 1.29 is 4.79 Å². The van der Waals surface area contributed by atoms with Crippen molar-refractivity contribution >= 4 is 12.1 Å². The van der Waals surface area contributed by atoms with E-state index >= 15 is 0 Å². The quantitative estimate of drug-likeness (QED) is 0.808. The number of hydrogen-bond acceptors (Lipinski definition) is 4. The molecule has 0 amide bonds. The van der Waals surface area contributed by atoms with Gasteiger partial charge in [-0.05, 0) is 30.9 Å². The van der Waals surface area contributed by atoms with Gasteiger partial charge in [-0.1, -0.05) is 37.3 Å². The summed E-state index contributed by atoms with van der Waals surface area (Å²) in [5, 5.41) is 8.79. The predicted molar refractivity (Wildman–Crippen MR) is 83.3 cm³/mol. The van der Waals surface area contributed by atoms with E-state index in [9.17, 15) is 4.79 Å². The highest BCUT2D eigenvalue weighted by molar-refractivity contribution is 5.68. The first-order chi connectivity index (χ1) is 10.3. The Balaban J connectivity index is 1.98. The molecular formula is C17H19N3O. The molecule has 21 heavy (non-hydrogen) atoms. The lowest BCUT2D eigenvalue weighted by Gasteiger charge is -2.22. The number of nitrogens with zero attached hydrogens (tertiary/aromatic N) is 3. The van der Waals surface area contributed by atoms with Crippen molar-refractivity contribution in [2.45, 2.75) is 32.2 Å². The number of benzene rings is 1. The first kappa shape index (κ1) is 13.7. The highest BCUT2D eigenvalue weighted by atomic mass is 16.1. The predicted octanol–water partition coefficient (Wildman–Crippen LogP) is 2.87. The molecule has 1 aromatic heterocycles. The third kappa shape index (κ3) is 2.66. The minimum atomic E-state index is -0.0495. The van der Waals surface area contributed by atoms with Gasteiger partial charge in [0.2, 0.25) is 0 Å². The molecule has 4 heteroatoms. The molecule has 0 N–H and O–H groups in total. The second kappa shape index (κ2) is 6.04. The van der Waals surface area contributed by atoms with Gasteiger partial charge >= 0.3 is 0 Å². The number of aryl methyl sites for hydroxylation is 1. The van der Waals surface area contributed by atoms with E-state index < -0.39 is 0 Å². The van der Waals surface area contributed by atoms with Gasteiger partial charge in [-0.15, -0.1) is 10.2 Å². The van der Waals surface area contributed by atoms with Crippen LogP contribution in [0.1, 0.15) is 25.3 Å². The lowest BCUT2D eigenvalue weighted by Crippen LogP contribution is -2.31. The van der Waals surface area contributed by atoms with Crippen LogP contribution in [0.5, 0.6) is 0 Å². The average molecular weight is 281 g/mol. The maximum absolute atomic E-state index is 11.1. The fourth-order valence-corrected chi connectivity index (χ4v) is 2.89. The number of hydrogen-bond donors (Lipinski definition) is 0. The number of aromatic nitrogens is 2. The van der Waals surface area contributed by atoms with Crippen molar-refractivity contribution in [2.75, 3.05) is 11.4 Å². The molecule has 1 saturated heterocycles. The molecule has 1 fully saturated rings. The zero-order valence-electron chi connectivity index (χ0n) is 12.2. The molecule has 0 aliphatic carbocycles. The zero-order chi connectivity index (χ0) is 14.7. The van der Waals surface area contributed by atoms with Crippen LogP contribution in [0.2, 0.25) is 0 Å². The molecule has 0 unspecified atom stereocenters. The summed E-state index contributed by atoms with van der Waals surface area (Å²) in [4.78, 5) is 13.2. The van der Waals surface area contributed by atoms with Gasteiger partial charge in [0.1, 0.15) is 6.29 Å². The Morgan fingerprint density at radius 2 is 2.10 bits per heavy atom. The molecule has 0 spiro atoms. The molecule has 1 aliphatic heterocycles. The van der Waals surface area contributed by atoms with Crippen LogP contribution in [-0.4, -0.2) is 29.1 Å². The Morgan fingerprint density at radius 3 is 2.81 bits per heavy atom. The Labute approximate surface area is 124 Å². The van der Waals surface area contributed by atoms with Crippen LogP contribution in [0.3, 0.4) is 0 Å². The molecule has 2 heterocycles. The molecule has 0 saturated carbocycles. The first-order valence-corrected chi connectivity index (χ1v) is 7.47.